The Morgan fingerprint density at radius 3 is 1.41 bits per heavy atom. The molecule has 4 heterocycles. The lowest BCUT2D eigenvalue weighted by Crippen LogP contribution is -2.64. The van der Waals surface area contributed by atoms with Crippen molar-refractivity contribution in [2.24, 2.45) is 11.8 Å². The van der Waals surface area contributed by atoms with Crippen molar-refractivity contribution >= 4 is 41.8 Å². The SMILES string of the molecule is COc1cc([C@H]2OC[C@H]3[C@@H]2CO[C@@H]3c2ccc(O[C@H]3O[C@@H](CO[C@@H]4O[C@@H](C)[C@H](OC(C)=O)[C@@H](OC(C)=O)[C@H]4OC(C)=O)[C@H](OC(C)=O)[C@@H](OC(C)=O)[C@@H]3OC(C)=O)c(OC)c2)ccc1OC(C)=O. The van der Waals surface area contributed by atoms with Crippen LogP contribution in [0.25, 0.3) is 0 Å². The van der Waals surface area contributed by atoms with Crippen molar-refractivity contribution in [3.63, 3.8) is 0 Å². The van der Waals surface area contributed by atoms with Crippen LogP contribution >= 0.6 is 0 Å². The zero-order valence-corrected chi connectivity index (χ0v) is 39.1. The minimum Gasteiger partial charge on any atom is -0.493 e. The van der Waals surface area contributed by atoms with Gasteiger partial charge in [-0.15, -0.1) is 0 Å². The average molecular weight is 961 g/mol. The van der Waals surface area contributed by atoms with Gasteiger partial charge >= 0.3 is 41.8 Å². The molecule has 0 bridgehead atoms. The Labute approximate surface area is 391 Å². The second-order valence-corrected chi connectivity index (χ2v) is 16.4. The summed E-state index contributed by atoms with van der Waals surface area (Å²) in [6.07, 6.45) is -15.1. The first-order valence-electron chi connectivity index (χ1n) is 21.7. The van der Waals surface area contributed by atoms with Crippen molar-refractivity contribution in [2.45, 2.75) is 129 Å². The van der Waals surface area contributed by atoms with Gasteiger partial charge in [0.25, 0.3) is 0 Å². The number of hydrogen-bond acceptors (Lipinski definition) is 22. The Kier molecular flexibility index (Phi) is 16.9. The maximum atomic E-state index is 12.7. The van der Waals surface area contributed by atoms with E-state index in [0.717, 1.165) is 52.7 Å². The van der Waals surface area contributed by atoms with Crippen molar-refractivity contribution in [3.05, 3.63) is 47.5 Å². The van der Waals surface area contributed by atoms with Crippen LogP contribution in [-0.2, 0) is 85.7 Å². The summed E-state index contributed by atoms with van der Waals surface area (Å²) in [6.45, 7) is 9.59. The third kappa shape index (κ3) is 12.1. The molecule has 0 radical (unpaired) electrons. The number of methoxy groups -OCH3 is 2. The molecule has 2 aromatic carbocycles. The molecule has 0 aromatic heterocycles. The molecule has 0 saturated carbocycles. The predicted molar refractivity (Wildman–Crippen MR) is 225 cm³/mol. The van der Waals surface area contributed by atoms with E-state index in [-0.39, 0.29) is 35.2 Å². The van der Waals surface area contributed by atoms with Crippen molar-refractivity contribution in [2.75, 3.05) is 34.0 Å². The zero-order valence-electron chi connectivity index (χ0n) is 39.1. The highest BCUT2D eigenvalue weighted by molar-refractivity contribution is 5.71. The van der Waals surface area contributed by atoms with Crippen LogP contribution in [-0.4, -0.2) is 137 Å². The summed E-state index contributed by atoms with van der Waals surface area (Å²) >= 11 is 0. The van der Waals surface area contributed by atoms with E-state index in [2.05, 4.69) is 0 Å². The van der Waals surface area contributed by atoms with Gasteiger partial charge in [0.05, 0.1) is 52.4 Å². The van der Waals surface area contributed by atoms with E-state index in [1.165, 1.54) is 28.1 Å². The molecule has 0 spiro atoms. The molecule has 0 aliphatic carbocycles. The van der Waals surface area contributed by atoms with Crippen molar-refractivity contribution in [1.82, 2.24) is 0 Å². The lowest BCUT2D eigenvalue weighted by molar-refractivity contribution is -0.323. The summed E-state index contributed by atoms with van der Waals surface area (Å²) in [5, 5.41) is 0. The minimum absolute atomic E-state index is 0.0526. The number of ether oxygens (including phenoxy) is 15. The van der Waals surface area contributed by atoms with E-state index < -0.39 is 116 Å². The fraction of sp³-hybridized carbons (Fsp3) is 0.587. The van der Waals surface area contributed by atoms with Gasteiger partial charge in [-0.1, -0.05) is 12.1 Å². The van der Waals surface area contributed by atoms with E-state index in [4.69, 9.17) is 71.1 Å². The number of carbonyl (C=O) groups excluding carboxylic acids is 7. The molecule has 4 aliphatic rings. The first-order valence-corrected chi connectivity index (χ1v) is 21.7. The van der Waals surface area contributed by atoms with Gasteiger partial charge in [0.2, 0.25) is 12.4 Å². The normalized spacial score (nSPS) is 30.7. The molecular formula is C46H56O22. The lowest BCUT2D eigenvalue weighted by atomic mass is 9.85. The smallest absolute Gasteiger partial charge is 0.308 e. The van der Waals surface area contributed by atoms with Gasteiger partial charge in [0.1, 0.15) is 6.10 Å². The lowest BCUT2D eigenvalue weighted by Gasteiger charge is -2.46. The molecule has 4 aliphatic heterocycles. The summed E-state index contributed by atoms with van der Waals surface area (Å²) in [6, 6.07) is 10.3. The number of benzene rings is 2. The highest BCUT2D eigenvalue weighted by Gasteiger charge is 2.56. The molecule has 0 amide bonds. The molecule has 14 atom stereocenters. The van der Waals surface area contributed by atoms with Crippen LogP contribution < -0.4 is 18.9 Å². The Balaban J connectivity index is 1.27. The van der Waals surface area contributed by atoms with E-state index in [9.17, 15) is 33.6 Å². The number of esters is 7. The summed E-state index contributed by atoms with van der Waals surface area (Å²) in [4.78, 5) is 86.2. The highest BCUT2D eigenvalue weighted by atomic mass is 16.8. The van der Waals surface area contributed by atoms with Gasteiger partial charge in [-0.3, -0.25) is 33.6 Å². The van der Waals surface area contributed by atoms with Gasteiger partial charge in [0.15, 0.2) is 59.8 Å². The average Bonchev–Trinajstić information content (AvgIpc) is 3.87. The molecule has 68 heavy (non-hydrogen) atoms. The van der Waals surface area contributed by atoms with Crippen LogP contribution in [0.3, 0.4) is 0 Å². The van der Waals surface area contributed by atoms with Crippen LogP contribution in [0.2, 0.25) is 0 Å². The maximum absolute atomic E-state index is 12.7. The van der Waals surface area contributed by atoms with Crippen molar-refractivity contribution < 1.29 is 105 Å². The molecule has 4 saturated heterocycles. The summed E-state index contributed by atoms with van der Waals surface area (Å²) in [7, 11) is 2.89. The van der Waals surface area contributed by atoms with Crippen molar-refractivity contribution in [3.8, 4) is 23.0 Å². The van der Waals surface area contributed by atoms with Crippen LogP contribution in [0.1, 0.15) is 78.7 Å². The Bertz CT molecular complexity index is 2190. The predicted octanol–water partition coefficient (Wildman–Crippen LogP) is 3.16. The standard InChI is InChI=1S/C46H56O22/c1-20-37(61-22(3)48)41(63-24(5)50)43(65-26(7)52)45(59-20)58-19-36-40(62-23(4)49)42(64-25(6)51)44(66-27(8)53)46(68-36)67-33-14-12-29(16-35(33)55-10)39-31-18-56-38(30(31)17-57-39)28-11-13-32(60-21(2)47)34(15-28)54-9/h11-16,20,30-31,36-46H,17-19H2,1-10H3/t20-,30-,31-,36-,37-,38+,39+,40-,41+,42+,43+,44-,45+,46-/m0/s1. The van der Waals surface area contributed by atoms with Crippen LogP contribution in [0.4, 0.5) is 0 Å². The summed E-state index contributed by atoms with van der Waals surface area (Å²) in [5.74, 6) is -4.55. The van der Waals surface area contributed by atoms with Crippen LogP contribution in [0.15, 0.2) is 36.4 Å². The molecular weight excluding hydrogens is 904 g/mol. The highest BCUT2D eigenvalue weighted by Crippen LogP contribution is 2.52. The fourth-order valence-electron chi connectivity index (χ4n) is 8.80. The van der Waals surface area contributed by atoms with Gasteiger partial charge in [-0.05, 0) is 42.3 Å². The number of fused-ring (bicyclic) bond motifs is 1. The molecule has 22 nitrogen and oxygen atoms in total. The summed E-state index contributed by atoms with van der Waals surface area (Å²) < 4.78 is 87.5. The van der Waals surface area contributed by atoms with Gasteiger partial charge < -0.3 is 71.1 Å². The van der Waals surface area contributed by atoms with Crippen LogP contribution in [0, 0.1) is 11.8 Å². The molecule has 372 valence electrons. The van der Waals surface area contributed by atoms with Gasteiger partial charge in [-0.25, -0.2) is 0 Å². The van der Waals surface area contributed by atoms with E-state index in [0.29, 0.717) is 19.0 Å². The largest absolute Gasteiger partial charge is 0.493 e. The third-order valence-electron chi connectivity index (χ3n) is 11.3. The first kappa shape index (κ1) is 51.3. The Morgan fingerprint density at radius 2 is 0.926 bits per heavy atom. The molecule has 4 fully saturated rings. The second kappa shape index (κ2) is 22.4. The van der Waals surface area contributed by atoms with E-state index >= 15 is 0 Å². The molecule has 22 heteroatoms. The van der Waals surface area contributed by atoms with E-state index in [1.807, 2.05) is 6.07 Å². The molecule has 0 unspecified atom stereocenters. The fourth-order valence-corrected chi connectivity index (χ4v) is 8.80. The topological polar surface area (TPSA) is 258 Å². The zero-order chi connectivity index (χ0) is 49.6. The van der Waals surface area contributed by atoms with Gasteiger partial charge in [0, 0.05) is 60.3 Å². The monoisotopic (exact) mass is 960 g/mol. The second-order valence-electron chi connectivity index (χ2n) is 16.4. The minimum atomic E-state index is -1.61. The number of hydrogen-bond donors (Lipinski definition) is 0. The quantitative estimate of drug-likeness (QED) is 0.133. The first-order chi connectivity index (χ1) is 32.3. The van der Waals surface area contributed by atoms with Crippen molar-refractivity contribution in [1.29, 1.82) is 0 Å². The Hall–Kier alpha value is -6.07. The third-order valence-corrected chi connectivity index (χ3v) is 11.3. The number of rotatable bonds is 16. The summed E-state index contributed by atoms with van der Waals surface area (Å²) in [5.41, 5.74) is 1.54. The number of carbonyl (C=O) groups is 7. The molecule has 0 N–H and O–H groups in total. The maximum Gasteiger partial charge on any atom is 0.308 e. The Morgan fingerprint density at radius 1 is 0.500 bits per heavy atom. The van der Waals surface area contributed by atoms with Gasteiger partial charge in [-0.2, -0.15) is 0 Å². The van der Waals surface area contributed by atoms with E-state index in [1.54, 1.807) is 30.3 Å². The molecule has 2 aromatic rings. The molecule has 6 rings (SSSR count). The van der Waals surface area contributed by atoms with Crippen LogP contribution in [0.5, 0.6) is 23.0 Å².